The summed E-state index contributed by atoms with van der Waals surface area (Å²) in [7, 11) is 1.56. The first kappa shape index (κ1) is 15.1. The molecule has 3 aromatic rings. The van der Waals surface area contributed by atoms with E-state index >= 15 is 0 Å². The van der Waals surface area contributed by atoms with Crippen molar-refractivity contribution in [3.8, 4) is 5.69 Å². The maximum atomic E-state index is 12.2. The Kier molecular flexibility index (Phi) is 3.80. The highest BCUT2D eigenvalue weighted by Gasteiger charge is 2.18. The molecule has 0 fully saturated rings. The van der Waals surface area contributed by atoms with Crippen molar-refractivity contribution in [1.82, 2.24) is 9.88 Å². The molecule has 0 saturated carbocycles. The molecule has 116 valence electrons. The van der Waals surface area contributed by atoms with Crippen LogP contribution < -0.4 is 5.32 Å². The molecular formula is C17H13ClN2O3. The van der Waals surface area contributed by atoms with Crippen molar-refractivity contribution in [3.05, 3.63) is 64.8 Å². The van der Waals surface area contributed by atoms with Crippen LogP contribution in [-0.4, -0.2) is 28.6 Å². The third-order valence-corrected chi connectivity index (χ3v) is 3.91. The summed E-state index contributed by atoms with van der Waals surface area (Å²) < 4.78 is 1.72. The van der Waals surface area contributed by atoms with E-state index < -0.39 is 5.97 Å². The molecule has 0 unspecified atom stereocenters. The van der Waals surface area contributed by atoms with Gasteiger partial charge in [-0.1, -0.05) is 29.8 Å². The van der Waals surface area contributed by atoms with E-state index in [0.717, 1.165) is 10.9 Å². The van der Waals surface area contributed by atoms with Crippen LogP contribution in [0.2, 0.25) is 5.02 Å². The number of carbonyl (C=O) groups excluding carboxylic acids is 1. The summed E-state index contributed by atoms with van der Waals surface area (Å²) in [6.07, 6.45) is 0. The van der Waals surface area contributed by atoms with E-state index in [1.54, 1.807) is 23.7 Å². The van der Waals surface area contributed by atoms with Gasteiger partial charge in [-0.05, 0) is 30.3 Å². The minimum absolute atomic E-state index is 0.0942. The molecule has 6 heteroatoms. The van der Waals surface area contributed by atoms with Gasteiger partial charge in [0.25, 0.3) is 5.91 Å². The molecule has 0 aliphatic carbocycles. The second-order valence-electron chi connectivity index (χ2n) is 4.97. The van der Waals surface area contributed by atoms with Gasteiger partial charge < -0.3 is 15.0 Å². The van der Waals surface area contributed by atoms with Crippen LogP contribution in [0.3, 0.4) is 0 Å². The number of hydrogen-bond donors (Lipinski definition) is 2. The highest BCUT2D eigenvalue weighted by atomic mass is 35.5. The first-order valence-electron chi connectivity index (χ1n) is 6.88. The van der Waals surface area contributed by atoms with Crippen molar-refractivity contribution < 1.29 is 14.7 Å². The predicted octanol–water partition coefficient (Wildman–Crippen LogP) is 3.34. The number of carboxylic acid groups (broad SMARTS) is 1. The molecule has 0 spiro atoms. The van der Waals surface area contributed by atoms with Crippen LogP contribution in [0.5, 0.6) is 0 Å². The number of hydrogen-bond acceptors (Lipinski definition) is 2. The third kappa shape index (κ3) is 2.55. The number of nitrogens with one attached hydrogen (secondary N) is 1. The summed E-state index contributed by atoms with van der Waals surface area (Å²) >= 11 is 6.27. The van der Waals surface area contributed by atoms with Crippen molar-refractivity contribution in [3.63, 3.8) is 0 Å². The van der Waals surface area contributed by atoms with Gasteiger partial charge in [-0.25, -0.2) is 4.79 Å². The molecule has 2 aromatic carbocycles. The maximum Gasteiger partial charge on any atom is 0.335 e. The van der Waals surface area contributed by atoms with Crippen LogP contribution in [0.15, 0.2) is 48.5 Å². The summed E-state index contributed by atoms with van der Waals surface area (Å²) in [6, 6.07) is 13.7. The molecule has 3 rings (SSSR count). The topological polar surface area (TPSA) is 71.3 Å². The summed E-state index contributed by atoms with van der Waals surface area (Å²) in [5, 5.41) is 12.8. The zero-order valence-corrected chi connectivity index (χ0v) is 13.0. The van der Waals surface area contributed by atoms with Crippen LogP contribution in [0.1, 0.15) is 20.8 Å². The number of carbonyl (C=O) groups is 2. The van der Waals surface area contributed by atoms with Gasteiger partial charge in [0.2, 0.25) is 0 Å². The predicted molar refractivity (Wildman–Crippen MR) is 88.6 cm³/mol. The van der Waals surface area contributed by atoms with E-state index in [9.17, 15) is 9.59 Å². The Labute approximate surface area is 137 Å². The van der Waals surface area contributed by atoms with Gasteiger partial charge in [0.15, 0.2) is 0 Å². The van der Waals surface area contributed by atoms with Gasteiger partial charge in [0.05, 0.1) is 21.8 Å². The average molecular weight is 329 g/mol. The lowest BCUT2D eigenvalue weighted by Crippen LogP contribution is -2.21. The molecule has 5 nitrogen and oxygen atoms in total. The van der Waals surface area contributed by atoms with Gasteiger partial charge in [0, 0.05) is 12.4 Å². The second-order valence-corrected chi connectivity index (χ2v) is 5.38. The van der Waals surface area contributed by atoms with Gasteiger partial charge in [-0.3, -0.25) is 4.79 Å². The summed E-state index contributed by atoms with van der Waals surface area (Å²) in [6.45, 7) is 0. The lowest BCUT2D eigenvalue weighted by molar-refractivity contribution is 0.0696. The van der Waals surface area contributed by atoms with E-state index in [1.165, 1.54) is 12.1 Å². The summed E-state index contributed by atoms with van der Waals surface area (Å²) in [4.78, 5) is 23.2. The number of rotatable bonds is 3. The Morgan fingerprint density at radius 2 is 1.87 bits per heavy atom. The zero-order chi connectivity index (χ0) is 16.6. The van der Waals surface area contributed by atoms with Crippen LogP contribution in [-0.2, 0) is 0 Å². The van der Waals surface area contributed by atoms with Crippen molar-refractivity contribution in [1.29, 1.82) is 0 Å². The van der Waals surface area contributed by atoms with E-state index in [2.05, 4.69) is 5.32 Å². The van der Waals surface area contributed by atoms with Gasteiger partial charge in [0.1, 0.15) is 5.69 Å². The highest BCUT2D eigenvalue weighted by Crippen LogP contribution is 2.29. The number of aromatic nitrogens is 1. The monoisotopic (exact) mass is 328 g/mol. The quantitative estimate of drug-likeness (QED) is 0.774. The van der Waals surface area contributed by atoms with Crippen molar-refractivity contribution >= 4 is 34.4 Å². The maximum absolute atomic E-state index is 12.2. The molecule has 0 aliphatic rings. The molecular weight excluding hydrogens is 316 g/mol. The van der Waals surface area contributed by atoms with E-state index in [-0.39, 0.29) is 16.5 Å². The second kappa shape index (κ2) is 5.78. The van der Waals surface area contributed by atoms with E-state index in [0.29, 0.717) is 11.4 Å². The molecule has 0 aliphatic heterocycles. The Bertz CT molecular complexity index is 931. The molecule has 23 heavy (non-hydrogen) atoms. The molecule has 0 atom stereocenters. The third-order valence-electron chi connectivity index (χ3n) is 3.61. The number of amides is 1. The van der Waals surface area contributed by atoms with E-state index in [1.807, 2.05) is 24.3 Å². The molecule has 1 amide bonds. The number of aromatic carboxylic acids is 1. The fraction of sp³-hybridized carbons (Fsp3) is 0.0588. The van der Waals surface area contributed by atoms with Crippen LogP contribution >= 0.6 is 11.6 Å². The van der Waals surface area contributed by atoms with Crippen molar-refractivity contribution in [2.75, 3.05) is 7.05 Å². The minimum atomic E-state index is -1.05. The lowest BCUT2D eigenvalue weighted by Gasteiger charge is -2.12. The van der Waals surface area contributed by atoms with Gasteiger partial charge in [-0.2, -0.15) is 0 Å². The molecule has 0 radical (unpaired) electrons. The minimum Gasteiger partial charge on any atom is -0.478 e. The first-order chi connectivity index (χ1) is 11.0. The van der Waals surface area contributed by atoms with Crippen molar-refractivity contribution in [2.45, 2.75) is 0 Å². The molecule has 0 saturated heterocycles. The van der Waals surface area contributed by atoms with Crippen LogP contribution in [0.4, 0.5) is 0 Å². The number of carboxylic acids is 1. The molecule has 0 bridgehead atoms. The fourth-order valence-corrected chi connectivity index (χ4v) is 2.80. The van der Waals surface area contributed by atoms with Crippen molar-refractivity contribution in [2.24, 2.45) is 0 Å². The Morgan fingerprint density at radius 3 is 2.52 bits per heavy atom. The Morgan fingerprint density at radius 1 is 1.13 bits per heavy atom. The average Bonchev–Trinajstić information content (AvgIpc) is 2.93. The van der Waals surface area contributed by atoms with Gasteiger partial charge >= 0.3 is 5.97 Å². The van der Waals surface area contributed by atoms with Crippen LogP contribution in [0.25, 0.3) is 16.6 Å². The highest BCUT2D eigenvalue weighted by molar-refractivity contribution is 6.33. The fourth-order valence-electron chi connectivity index (χ4n) is 2.53. The first-order valence-corrected chi connectivity index (χ1v) is 7.26. The summed E-state index contributed by atoms with van der Waals surface area (Å²) in [5.74, 6) is -1.30. The number of fused-ring (bicyclic) bond motifs is 1. The molecule has 1 aromatic heterocycles. The largest absolute Gasteiger partial charge is 0.478 e. The number of para-hydroxylation sites is 1. The molecule has 2 N–H and O–H groups in total. The standard InChI is InChI=1S/C17H13ClN2O3/c1-19-16(21)15-9-10-4-2-3-5-13(10)20(15)14-7-6-11(17(22)23)8-12(14)18/h2-9H,1H3,(H,19,21)(H,22,23). The normalized spacial score (nSPS) is 10.7. The number of nitrogens with zero attached hydrogens (tertiary/aromatic N) is 1. The summed E-state index contributed by atoms with van der Waals surface area (Å²) in [5.41, 5.74) is 1.89. The Hall–Kier alpha value is -2.79. The molecule has 1 heterocycles. The zero-order valence-electron chi connectivity index (χ0n) is 12.2. The van der Waals surface area contributed by atoms with Gasteiger partial charge in [-0.15, -0.1) is 0 Å². The lowest BCUT2D eigenvalue weighted by atomic mass is 10.2. The van der Waals surface area contributed by atoms with Crippen LogP contribution in [0, 0.1) is 0 Å². The Balaban J connectivity index is 2.30. The van der Waals surface area contributed by atoms with E-state index in [4.69, 9.17) is 16.7 Å². The number of benzene rings is 2. The smallest absolute Gasteiger partial charge is 0.335 e. The SMILES string of the molecule is CNC(=O)c1cc2ccccc2n1-c1ccc(C(=O)O)cc1Cl. The number of halogens is 1.